The maximum atomic E-state index is 13.2. The summed E-state index contributed by atoms with van der Waals surface area (Å²) in [6.45, 7) is 7.37. The van der Waals surface area contributed by atoms with Gasteiger partial charge in [-0.1, -0.05) is 433 Å². The van der Waals surface area contributed by atoms with Crippen molar-refractivity contribution in [2.75, 3.05) is 39.6 Å². The predicted octanol–water partition coefficient (Wildman–Crippen LogP) is 27.5. The quantitative estimate of drug-likeness (QED) is 0.0222. The van der Waals surface area contributed by atoms with Crippen molar-refractivity contribution in [3.63, 3.8) is 0 Å². The lowest BCUT2D eigenvalue weighted by atomic mass is 10.0. The Morgan fingerprint density at radius 2 is 0.426 bits per heavy atom. The van der Waals surface area contributed by atoms with E-state index in [0.717, 1.165) is 102 Å². The molecule has 0 saturated heterocycles. The first-order chi connectivity index (χ1) is 52.5. The van der Waals surface area contributed by atoms with Crippen molar-refractivity contribution >= 4 is 39.5 Å². The standard InChI is InChI=1S/C89H174O17P2/c1-6-9-12-15-18-21-23-25-27-29-31-33-34-36-38-42-46-50-54-59-64-69-75-89(94)106-85(79-100-87(92)73-68-63-58-53-49-45-41-37-35-32-30-28-26-24-22-19-16-13-10-7-2)81-104-108(97,98)102-77-83(90)76-101-107(95,96)103-80-84(78-99-86(91)72-67-62-57-20-17-14-11-8-3)105-88(93)74-70-65-60-55-51-47-43-39-40-44-48-52-56-61-66-71-82(4)5/h82-85,90H,6-81H2,1-5H3,(H,95,96)(H,97,98)/t83-,84+,85+/m0/s1. The summed E-state index contributed by atoms with van der Waals surface area (Å²) in [4.78, 5) is 73.2. The molecule has 0 fully saturated rings. The van der Waals surface area contributed by atoms with Gasteiger partial charge in [-0.15, -0.1) is 0 Å². The summed E-state index contributed by atoms with van der Waals surface area (Å²) in [5.41, 5.74) is 0. The number of aliphatic hydroxyl groups excluding tert-OH is 1. The van der Waals surface area contributed by atoms with Gasteiger partial charge >= 0.3 is 39.5 Å². The Kier molecular flexibility index (Phi) is 80.2. The minimum atomic E-state index is -4.97. The molecule has 0 spiro atoms. The molecular weight excluding hydrogens is 1400 g/mol. The number of rotatable bonds is 89. The summed E-state index contributed by atoms with van der Waals surface area (Å²) in [6.07, 6.45) is 76.7. The van der Waals surface area contributed by atoms with Gasteiger partial charge < -0.3 is 33.8 Å². The highest BCUT2D eigenvalue weighted by Gasteiger charge is 2.30. The Hall–Kier alpha value is -1.94. The van der Waals surface area contributed by atoms with Crippen LogP contribution in [0.25, 0.3) is 0 Å². The zero-order valence-corrected chi connectivity index (χ0v) is 72.8. The second-order valence-electron chi connectivity index (χ2n) is 32.5. The van der Waals surface area contributed by atoms with Crippen LogP contribution in [0.1, 0.15) is 484 Å². The second-order valence-corrected chi connectivity index (χ2v) is 35.4. The Morgan fingerprint density at radius 3 is 0.630 bits per heavy atom. The molecular formula is C89H174O17P2. The largest absolute Gasteiger partial charge is 0.472 e. The normalized spacial score (nSPS) is 13.7. The van der Waals surface area contributed by atoms with Crippen LogP contribution in [-0.4, -0.2) is 96.7 Å². The molecule has 0 aromatic carbocycles. The van der Waals surface area contributed by atoms with Gasteiger partial charge in [-0.25, -0.2) is 9.13 Å². The van der Waals surface area contributed by atoms with Crippen LogP contribution < -0.4 is 0 Å². The monoisotopic (exact) mass is 1580 g/mol. The molecule has 0 aromatic rings. The van der Waals surface area contributed by atoms with Crippen molar-refractivity contribution in [2.45, 2.75) is 502 Å². The molecule has 0 aromatic heterocycles. The van der Waals surface area contributed by atoms with E-state index < -0.39 is 97.5 Å². The first-order valence-electron chi connectivity index (χ1n) is 46.1. The molecule has 0 rings (SSSR count). The predicted molar refractivity (Wildman–Crippen MR) is 446 cm³/mol. The van der Waals surface area contributed by atoms with Crippen LogP contribution in [0.3, 0.4) is 0 Å². The fourth-order valence-electron chi connectivity index (χ4n) is 14.0. The van der Waals surface area contributed by atoms with E-state index in [1.165, 1.54) is 302 Å². The lowest BCUT2D eigenvalue weighted by Crippen LogP contribution is -2.30. The van der Waals surface area contributed by atoms with E-state index in [1.807, 2.05) is 0 Å². The molecule has 0 amide bonds. The number of unbranched alkanes of at least 4 members (excludes halogenated alkanes) is 61. The minimum Gasteiger partial charge on any atom is -0.462 e. The molecule has 0 aliphatic heterocycles. The minimum absolute atomic E-state index is 0.108. The number of esters is 4. The van der Waals surface area contributed by atoms with Crippen molar-refractivity contribution < 1.29 is 80.2 Å². The molecule has 0 heterocycles. The van der Waals surface area contributed by atoms with E-state index in [1.54, 1.807) is 0 Å². The SMILES string of the molecule is CCCCCCCCCCCCCCCCCCCCCCCCC(=O)O[C@H](COC(=O)CCCCCCCCCCCCCCCCCCCCCC)COP(=O)(O)OC[C@@H](O)COP(=O)(O)OC[C@@H](COC(=O)CCCCCCCCCC)OC(=O)CCCCCCCCCCCCCCCCCC(C)C. The third kappa shape index (κ3) is 82.1. The van der Waals surface area contributed by atoms with Gasteiger partial charge in [0, 0.05) is 25.7 Å². The average molecular weight is 1580 g/mol. The van der Waals surface area contributed by atoms with Gasteiger partial charge in [0.1, 0.15) is 19.3 Å². The highest BCUT2D eigenvalue weighted by molar-refractivity contribution is 7.47. The maximum absolute atomic E-state index is 13.2. The number of carbonyl (C=O) groups excluding carboxylic acids is 4. The number of hydrogen-bond acceptors (Lipinski definition) is 15. The molecule has 0 aliphatic rings. The lowest BCUT2D eigenvalue weighted by Gasteiger charge is -2.21. The highest BCUT2D eigenvalue weighted by atomic mass is 31.2. The molecule has 642 valence electrons. The zero-order chi connectivity index (χ0) is 79.0. The Bertz CT molecular complexity index is 2050. The summed E-state index contributed by atoms with van der Waals surface area (Å²) in [5, 5.41) is 10.7. The van der Waals surface area contributed by atoms with E-state index in [0.29, 0.717) is 25.7 Å². The van der Waals surface area contributed by atoms with Crippen molar-refractivity contribution in [1.29, 1.82) is 0 Å². The summed E-state index contributed by atoms with van der Waals surface area (Å²) in [6, 6.07) is 0. The van der Waals surface area contributed by atoms with E-state index in [9.17, 15) is 43.2 Å². The third-order valence-electron chi connectivity index (χ3n) is 21.0. The second kappa shape index (κ2) is 81.6. The molecule has 0 aliphatic carbocycles. The van der Waals surface area contributed by atoms with Gasteiger partial charge in [-0.3, -0.25) is 37.3 Å². The van der Waals surface area contributed by atoms with E-state index in [2.05, 4.69) is 34.6 Å². The number of carbonyl (C=O) groups is 4. The van der Waals surface area contributed by atoms with E-state index in [4.69, 9.17) is 37.0 Å². The Balaban J connectivity index is 5.17. The van der Waals surface area contributed by atoms with Crippen LogP contribution >= 0.6 is 15.6 Å². The molecule has 108 heavy (non-hydrogen) atoms. The Morgan fingerprint density at radius 1 is 0.250 bits per heavy atom. The lowest BCUT2D eigenvalue weighted by molar-refractivity contribution is -0.161. The van der Waals surface area contributed by atoms with Crippen LogP contribution in [-0.2, 0) is 65.4 Å². The Labute approximate surface area is 664 Å². The van der Waals surface area contributed by atoms with Crippen molar-refractivity contribution in [3.05, 3.63) is 0 Å². The van der Waals surface area contributed by atoms with Gasteiger partial charge in [-0.05, 0) is 31.6 Å². The van der Waals surface area contributed by atoms with E-state index >= 15 is 0 Å². The van der Waals surface area contributed by atoms with Crippen LogP contribution in [0.4, 0.5) is 0 Å². The number of aliphatic hydroxyl groups is 1. The van der Waals surface area contributed by atoms with Crippen molar-refractivity contribution in [2.24, 2.45) is 5.92 Å². The number of hydrogen-bond donors (Lipinski definition) is 3. The molecule has 0 saturated carbocycles. The fraction of sp³-hybridized carbons (Fsp3) is 0.955. The number of ether oxygens (including phenoxy) is 4. The molecule has 5 atom stereocenters. The van der Waals surface area contributed by atoms with Crippen LogP contribution in [0.5, 0.6) is 0 Å². The molecule has 0 radical (unpaired) electrons. The van der Waals surface area contributed by atoms with Gasteiger partial charge in [0.05, 0.1) is 26.4 Å². The topological polar surface area (TPSA) is 237 Å². The summed E-state index contributed by atoms with van der Waals surface area (Å²) < 4.78 is 68.9. The maximum Gasteiger partial charge on any atom is 0.472 e. The number of phosphoric acid groups is 2. The first kappa shape index (κ1) is 106. The van der Waals surface area contributed by atoms with Crippen LogP contribution in [0, 0.1) is 5.92 Å². The average Bonchev–Trinajstić information content (AvgIpc) is 0.901. The van der Waals surface area contributed by atoms with Crippen LogP contribution in [0.2, 0.25) is 0 Å². The zero-order valence-electron chi connectivity index (χ0n) is 71.0. The molecule has 17 nitrogen and oxygen atoms in total. The molecule has 3 N–H and O–H groups in total. The summed E-state index contributed by atoms with van der Waals surface area (Å²) >= 11 is 0. The van der Waals surface area contributed by atoms with Gasteiger partial charge in [-0.2, -0.15) is 0 Å². The van der Waals surface area contributed by atoms with Gasteiger partial charge in [0.25, 0.3) is 0 Å². The first-order valence-corrected chi connectivity index (χ1v) is 49.1. The number of phosphoric ester groups is 2. The smallest absolute Gasteiger partial charge is 0.462 e. The van der Waals surface area contributed by atoms with Crippen LogP contribution in [0.15, 0.2) is 0 Å². The molecule has 0 bridgehead atoms. The fourth-order valence-corrected chi connectivity index (χ4v) is 15.6. The molecule has 19 heteroatoms. The molecule has 2 unspecified atom stereocenters. The van der Waals surface area contributed by atoms with E-state index in [-0.39, 0.29) is 25.7 Å². The van der Waals surface area contributed by atoms with Crippen molar-refractivity contribution in [1.82, 2.24) is 0 Å². The van der Waals surface area contributed by atoms with Crippen molar-refractivity contribution in [3.8, 4) is 0 Å². The highest BCUT2D eigenvalue weighted by Crippen LogP contribution is 2.45. The van der Waals surface area contributed by atoms with Gasteiger partial charge in [0.2, 0.25) is 0 Å². The summed E-state index contributed by atoms with van der Waals surface area (Å²) in [7, 11) is -9.93. The summed E-state index contributed by atoms with van der Waals surface area (Å²) in [5.74, 6) is -1.30. The third-order valence-corrected chi connectivity index (χ3v) is 22.9. The van der Waals surface area contributed by atoms with Gasteiger partial charge in [0.15, 0.2) is 12.2 Å².